The molecule has 0 aliphatic heterocycles. The minimum atomic E-state index is -0.590. The van der Waals surface area contributed by atoms with E-state index < -0.39 is 5.60 Å². The number of ether oxygens (including phenoxy) is 1. The second kappa shape index (κ2) is 5.48. The van der Waals surface area contributed by atoms with Gasteiger partial charge in [0.05, 0.1) is 24.1 Å². The van der Waals surface area contributed by atoms with E-state index in [0.717, 1.165) is 37.1 Å². The van der Waals surface area contributed by atoms with Gasteiger partial charge in [-0.05, 0) is 25.0 Å². The molecule has 4 N–H and O–H groups in total. The molecule has 0 radical (unpaired) electrons. The molecule has 1 aliphatic carbocycles. The van der Waals surface area contributed by atoms with Gasteiger partial charge in [0.1, 0.15) is 5.75 Å². The van der Waals surface area contributed by atoms with Crippen molar-refractivity contribution in [2.75, 3.05) is 24.7 Å². The van der Waals surface area contributed by atoms with Crippen molar-refractivity contribution >= 4 is 11.4 Å². The summed E-state index contributed by atoms with van der Waals surface area (Å²) in [5.41, 5.74) is 6.82. The number of nitrogens with one attached hydrogen (secondary N) is 1. The van der Waals surface area contributed by atoms with Crippen molar-refractivity contribution < 1.29 is 9.84 Å². The lowest BCUT2D eigenvalue weighted by atomic mass is 9.85. The molecular formula is C14H22N2O2. The monoisotopic (exact) mass is 250 g/mol. The van der Waals surface area contributed by atoms with Crippen LogP contribution in [0.3, 0.4) is 0 Å². The summed E-state index contributed by atoms with van der Waals surface area (Å²) >= 11 is 0. The van der Waals surface area contributed by atoms with Crippen LogP contribution >= 0.6 is 0 Å². The fourth-order valence-corrected chi connectivity index (χ4v) is 2.46. The Morgan fingerprint density at radius 1 is 1.33 bits per heavy atom. The van der Waals surface area contributed by atoms with E-state index in [0.29, 0.717) is 12.2 Å². The summed E-state index contributed by atoms with van der Waals surface area (Å²) in [6, 6.07) is 5.50. The molecule has 0 saturated heterocycles. The van der Waals surface area contributed by atoms with Crippen LogP contribution in [0.15, 0.2) is 18.2 Å². The van der Waals surface area contributed by atoms with E-state index in [1.54, 1.807) is 7.11 Å². The number of aliphatic hydroxyl groups is 1. The Bertz CT molecular complexity index is 401. The molecule has 4 nitrogen and oxygen atoms in total. The maximum atomic E-state index is 10.4. The van der Waals surface area contributed by atoms with Gasteiger partial charge in [0, 0.05) is 12.6 Å². The quantitative estimate of drug-likeness (QED) is 0.718. The lowest BCUT2D eigenvalue weighted by Crippen LogP contribution is -2.38. The maximum absolute atomic E-state index is 10.4. The molecule has 0 unspecified atom stereocenters. The summed E-state index contributed by atoms with van der Waals surface area (Å²) in [6.45, 7) is 0.546. The Morgan fingerprint density at radius 3 is 2.72 bits per heavy atom. The van der Waals surface area contributed by atoms with Crippen molar-refractivity contribution in [2.45, 2.75) is 37.7 Å². The Hall–Kier alpha value is -1.42. The highest BCUT2D eigenvalue weighted by molar-refractivity contribution is 5.68. The summed E-state index contributed by atoms with van der Waals surface area (Å²) < 4.78 is 5.17. The summed E-state index contributed by atoms with van der Waals surface area (Å²) in [4.78, 5) is 0. The number of benzene rings is 1. The molecule has 1 aromatic rings. The van der Waals surface area contributed by atoms with Gasteiger partial charge in [-0.2, -0.15) is 0 Å². The molecule has 2 rings (SSSR count). The van der Waals surface area contributed by atoms with Gasteiger partial charge in [-0.1, -0.05) is 19.3 Å². The Morgan fingerprint density at radius 2 is 2.06 bits per heavy atom. The highest BCUT2D eigenvalue weighted by atomic mass is 16.5. The second-order valence-electron chi connectivity index (χ2n) is 5.09. The molecule has 0 heterocycles. The van der Waals surface area contributed by atoms with E-state index in [4.69, 9.17) is 10.5 Å². The number of methoxy groups -OCH3 is 1. The molecular weight excluding hydrogens is 228 g/mol. The van der Waals surface area contributed by atoms with Crippen LogP contribution in [0.1, 0.15) is 32.1 Å². The van der Waals surface area contributed by atoms with Crippen LogP contribution in [0.25, 0.3) is 0 Å². The van der Waals surface area contributed by atoms with Gasteiger partial charge in [-0.3, -0.25) is 0 Å². The lowest BCUT2D eigenvalue weighted by molar-refractivity contribution is 0.0167. The third-order valence-corrected chi connectivity index (χ3v) is 3.65. The van der Waals surface area contributed by atoms with Crippen LogP contribution in [0, 0.1) is 0 Å². The van der Waals surface area contributed by atoms with Gasteiger partial charge in [-0.15, -0.1) is 0 Å². The van der Waals surface area contributed by atoms with Crippen molar-refractivity contribution in [3.05, 3.63) is 18.2 Å². The number of anilines is 2. The molecule has 0 aromatic heterocycles. The van der Waals surface area contributed by atoms with Gasteiger partial charge in [0.15, 0.2) is 0 Å². The van der Waals surface area contributed by atoms with Crippen molar-refractivity contribution in [3.63, 3.8) is 0 Å². The third-order valence-electron chi connectivity index (χ3n) is 3.65. The summed E-state index contributed by atoms with van der Waals surface area (Å²) in [7, 11) is 1.63. The first kappa shape index (κ1) is 13.0. The summed E-state index contributed by atoms with van der Waals surface area (Å²) in [5, 5.41) is 13.7. The average molecular weight is 250 g/mol. The van der Waals surface area contributed by atoms with Gasteiger partial charge < -0.3 is 20.9 Å². The Balaban J connectivity index is 2.00. The normalized spacial score (nSPS) is 18.3. The second-order valence-corrected chi connectivity index (χ2v) is 5.09. The molecule has 1 fully saturated rings. The highest BCUT2D eigenvalue weighted by Gasteiger charge is 2.28. The zero-order valence-corrected chi connectivity index (χ0v) is 10.9. The summed E-state index contributed by atoms with van der Waals surface area (Å²) in [6.07, 6.45) is 5.16. The Kier molecular flexibility index (Phi) is 3.97. The van der Waals surface area contributed by atoms with Crippen LogP contribution < -0.4 is 15.8 Å². The number of hydrogen-bond donors (Lipinski definition) is 3. The molecule has 4 heteroatoms. The number of nitrogen functional groups attached to an aromatic ring is 1. The third kappa shape index (κ3) is 3.07. The van der Waals surface area contributed by atoms with E-state index in [9.17, 15) is 5.11 Å². The van der Waals surface area contributed by atoms with Crippen molar-refractivity contribution in [3.8, 4) is 5.75 Å². The van der Waals surface area contributed by atoms with Gasteiger partial charge >= 0.3 is 0 Å². The molecule has 1 saturated carbocycles. The number of nitrogens with two attached hydrogens (primary N) is 1. The first-order valence-corrected chi connectivity index (χ1v) is 6.53. The standard InChI is InChI=1S/C14H22N2O2/c1-18-11-5-6-12(15)13(9-11)16-10-14(17)7-3-2-4-8-14/h5-6,9,16-17H,2-4,7-8,10,15H2,1H3. The van der Waals surface area contributed by atoms with Crippen LogP contribution in [0.2, 0.25) is 0 Å². The molecule has 100 valence electrons. The van der Waals surface area contributed by atoms with E-state index in [1.807, 2.05) is 18.2 Å². The largest absolute Gasteiger partial charge is 0.497 e. The first-order valence-electron chi connectivity index (χ1n) is 6.53. The van der Waals surface area contributed by atoms with Gasteiger partial charge in [-0.25, -0.2) is 0 Å². The van der Waals surface area contributed by atoms with E-state index in [2.05, 4.69) is 5.32 Å². The molecule has 0 amide bonds. The summed E-state index contributed by atoms with van der Waals surface area (Å²) in [5.74, 6) is 0.766. The van der Waals surface area contributed by atoms with E-state index >= 15 is 0 Å². The van der Waals surface area contributed by atoms with E-state index in [1.165, 1.54) is 6.42 Å². The maximum Gasteiger partial charge on any atom is 0.121 e. The topological polar surface area (TPSA) is 67.5 Å². The number of rotatable bonds is 4. The van der Waals surface area contributed by atoms with E-state index in [-0.39, 0.29) is 0 Å². The van der Waals surface area contributed by atoms with Gasteiger partial charge in [0.25, 0.3) is 0 Å². The highest BCUT2D eigenvalue weighted by Crippen LogP contribution is 2.30. The average Bonchev–Trinajstić information content (AvgIpc) is 2.39. The van der Waals surface area contributed by atoms with Crippen LogP contribution in [-0.2, 0) is 0 Å². The molecule has 0 spiro atoms. The Labute approximate surface area is 108 Å². The van der Waals surface area contributed by atoms with Crippen molar-refractivity contribution in [1.82, 2.24) is 0 Å². The molecule has 18 heavy (non-hydrogen) atoms. The molecule has 1 aromatic carbocycles. The minimum absolute atomic E-state index is 0.546. The fourth-order valence-electron chi connectivity index (χ4n) is 2.46. The van der Waals surface area contributed by atoms with Crippen molar-refractivity contribution in [1.29, 1.82) is 0 Å². The molecule has 0 bridgehead atoms. The molecule has 1 aliphatic rings. The smallest absolute Gasteiger partial charge is 0.121 e. The van der Waals surface area contributed by atoms with Crippen LogP contribution in [-0.4, -0.2) is 24.4 Å². The fraction of sp³-hybridized carbons (Fsp3) is 0.571. The molecule has 0 atom stereocenters. The first-order chi connectivity index (χ1) is 8.63. The zero-order chi connectivity index (χ0) is 13.0. The minimum Gasteiger partial charge on any atom is -0.497 e. The number of hydrogen-bond acceptors (Lipinski definition) is 4. The van der Waals surface area contributed by atoms with Crippen LogP contribution in [0.4, 0.5) is 11.4 Å². The van der Waals surface area contributed by atoms with Gasteiger partial charge in [0.2, 0.25) is 0 Å². The lowest BCUT2D eigenvalue weighted by Gasteiger charge is -2.32. The zero-order valence-electron chi connectivity index (χ0n) is 10.9. The van der Waals surface area contributed by atoms with Crippen LogP contribution in [0.5, 0.6) is 5.75 Å². The SMILES string of the molecule is COc1ccc(N)c(NCC2(O)CCCCC2)c1. The van der Waals surface area contributed by atoms with Crippen molar-refractivity contribution in [2.24, 2.45) is 0 Å². The predicted molar refractivity (Wildman–Crippen MR) is 73.9 cm³/mol. The predicted octanol–water partition coefficient (Wildman–Crippen LogP) is 2.38.